The largest absolute Gasteiger partial charge is 0.483 e. The minimum absolute atomic E-state index is 0.0163. The van der Waals surface area contributed by atoms with Crippen LogP contribution in [-0.2, 0) is 4.79 Å². The third-order valence-corrected chi connectivity index (χ3v) is 5.14. The number of fused-ring (bicyclic) bond motifs is 1. The lowest BCUT2D eigenvalue weighted by atomic mass is 10.1. The third kappa shape index (κ3) is 3.53. The molecule has 0 saturated carbocycles. The Morgan fingerprint density at radius 1 is 1.13 bits per heavy atom. The standard InChI is InChI=1S/C19H21NO2S/c1-14-7-5-8-15(2)19(14)22-13-18(21)20-11-6-12-23-17-10-4-3-9-16(17)20/h3-5,7-10H,6,11-13H2,1-2H3. The van der Waals surface area contributed by atoms with Gasteiger partial charge in [0.2, 0.25) is 0 Å². The first-order chi connectivity index (χ1) is 11.2. The van der Waals surface area contributed by atoms with Crippen LogP contribution >= 0.6 is 11.8 Å². The molecule has 0 aromatic heterocycles. The summed E-state index contributed by atoms with van der Waals surface area (Å²) in [5, 5.41) is 0. The minimum Gasteiger partial charge on any atom is -0.483 e. The zero-order valence-electron chi connectivity index (χ0n) is 13.5. The van der Waals surface area contributed by atoms with E-state index in [1.807, 2.05) is 66.9 Å². The van der Waals surface area contributed by atoms with E-state index < -0.39 is 0 Å². The Morgan fingerprint density at radius 3 is 2.65 bits per heavy atom. The Kier molecular flexibility index (Phi) is 4.91. The van der Waals surface area contributed by atoms with Gasteiger partial charge in [0.25, 0.3) is 5.91 Å². The van der Waals surface area contributed by atoms with Crippen LogP contribution in [0.15, 0.2) is 47.4 Å². The van der Waals surface area contributed by atoms with Gasteiger partial charge < -0.3 is 9.64 Å². The summed E-state index contributed by atoms with van der Waals surface area (Å²) in [6.45, 7) is 4.83. The Bertz CT molecular complexity index is 694. The van der Waals surface area contributed by atoms with Crippen molar-refractivity contribution < 1.29 is 9.53 Å². The Hall–Kier alpha value is -1.94. The Labute approximate surface area is 141 Å². The molecule has 4 heteroatoms. The number of nitrogens with zero attached hydrogens (tertiary/aromatic N) is 1. The average molecular weight is 327 g/mol. The molecule has 0 N–H and O–H groups in total. The van der Waals surface area contributed by atoms with Gasteiger partial charge in [0.15, 0.2) is 6.61 Å². The molecule has 0 fully saturated rings. The highest BCUT2D eigenvalue weighted by atomic mass is 32.2. The summed E-state index contributed by atoms with van der Waals surface area (Å²) in [6.07, 6.45) is 0.995. The highest BCUT2D eigenvalue weighted by Gasteiger charge is 2.21. The van der Waals surface area contributed by atoms with Gasteiger partial charge in [-0.15, -0.1) is 11.8 Å². The Balaban J connectivity index is 1.76. The molecular formula is C19H21NO2S. The fourth-order valence-electron chi connectivity index (χ4n) is 2.83. The number of ether oxygens (including phenoxy) is 1. The quantitative estimate of drug-likeness (QED) is 0.846. The molecule has 23 heavy (non-hydrogen) atoms. The summed E-state index contributed by atoms with van der Waals surface area (Å²) in [4.78, 5) is 15.7. The molecule has 1 aliphatic heterocycles. The maximum Gasteiger partial charge on any atom is 0.264 e. The summed E-state index contributed by atoms with van der Waals surface area (Å²) >= 11 is 1.82. The van der Waals surface area contributed by atoms with Gasteiger partial charge in [0.1, 0.15) is 5.75 Å². The molecule has 0 radical (unpaired) electrons. The van der Waals surface area contributed by atoms with Crippen molar-refractivity contribution in [2.45, 2.75) is 25.2 Å². The number of para-hydroxylation sites is 2. The molecule has 1 heterocycles. The number of anilines is 1. The number of hydrogen-bond donors (Lipinski definition) is 0. The van der Waals surface area contributed by atoms with Gasteiger partial charge in [-0.1, -0.05) is 30.3 Å². The monoisotopic (exact) mass is 327 g/mol. The third-order valence-electron chi connectivity index (χ3n) is 3.99. The predicted molar refractivity (Wildman–Crippen MR) is 95.5 cm³/mol. The van der Waals surface area contributed by atoms with Crippen LogP contribution in [0.3, 0.4) is 0 Å². The highest BCUT2D eigenvalue weighted by molar-refractivity contribution is 7.99. The van der Waals surface area contributed by atoms with Gasteiger partial charge in [-0.2, -0.15) is 0 Å². The maximum absolute atomic E-state index is 12.7. The fourth-order valence-corrected chi connectivity index (χ4v) is 3.82. The summed E-state index contributed by atoms with van der Waals surface area (Å²) < 4.78 is 5.84. The molecule has 2 aromatic carbocycles. The molecule has 3 rings (SSSR count). The summed E-state index contributed by atoms with van der Waals surface area (Å²) in [5.41, 5.74) is 3.12. The number of amides is 1. The summed E-state index contributed by atoms with van der Waals surface area (Å²) in [6, 6.07) is 14.1. The topological polar surface area (TPSA) is 29.5 Å². The molecule has 0 saturated heterocycles. The molecule has 3 nitrogen and oxygen atoms in total. The molecule has 0 unspecified atom stereocenters. The molecule has 120 valence electrons. The lowest BCUT2D eigenvalue weighted by Crippen LogP contribution is -2.35. The first-order valence-corrected chi connectivity index (χ1v) is 8.86. The van der Waals surface area contributed by atoms with Gasteiger partial charge in [0.05, 0.1) is 5.69 Å². The Morgan fingerprint density at radius 2 is 1.87 bits per heavy atom. The molecule has 0 atom stereocenters. The van der Waals surface area contributed by atoms with Crippen LogP contribution < -0.4 is 9.64 Å². The van der Waals surface area contributed by atoms with Crippen molar-refractivity contribution in [2.24, 2.45) is 0 Å². The van der Waals surface area contributed by atoms with Crippen LogP contribution in [0.25, 0.3) is 0 Å². The molecule has 0 bridgehead atoms. The van der Waals surface area contributed by atoms with Gasteiger partial charge in [-0.3, -0.25) is 4.79 Å². The SMILES string of the molecule is Cc1cccc(C)c1OCC(=O)N1CCCSc2ccccc21. The van der Waals surface area contributed by atoms with Crippen LogP contribution in [-0.4, -0.2) is 24.8 Å². The normalized spacial score (nSPS) is 14.1. The van der Waals surface area contributed by atoms with Crippen LogP contribution in [0.2, 0.25) is 0 Å². The van der Waals surface area contributed by atoms with Crippen molar-refractivity contribution in [3.8, 4) is 5.75 Å². The number of hydrogen-bond acceptors (Lipinski definition) is 3. The van der Waals surface area contributed by atoms with Crippen molar-refractivity contribution in [2.75, 3.05) is 23.8 Å². The van der Waals surface area contributed by atoms with E-state index in [1.165, 1.54) is 4.90 Å². The summed E-state index contributed by atoms with van der Waals surface area (Å²) in [5.74, 6) is 1.87. The van der Waals surface area contributed by atoms with E-state index in [1.54, 1.807) is 0 Å². The molecule has 0 spiro atoms. The van der Waals surface area contributed by atoms with Crippen LogP contribution in [0, 0.1) is 13.8 Å². The van der Waals surface area contributed by atoms with E-state index in [2.05, 4.69) is 6.07 Å². The zero-order chi connectivity index (χ0) is 16.2. The van der Waals surface area contributed by atoms with E-state index in [-0.39, 0.29) is 12.5 Å². The van der Waals surface area contributed by atoms with Crippen molar-refractivity contribution in [3.63, 3.8) is 0 Å². The lowest BCUT2D eigenvalue weighted by Gasteiger charge is -2.23. The van der Waals surface area contributed by atoms with E-state index >= 15 is 0 Å². The second-order valence-electron chi connectivity index (χ2n) is 5.72. The second kappa shape index (κ2) is 7.09. The molecule has 0 aliphatic carbocycles. The van der Waals surface area contributed by atoms with Gasteiger partial charge in [0, 0.05) is 11.4 Å². The minimum atomic E-state index is 0.0163. The number of benzene rings is 2. The van der Waals surface area contributed by atoms with Crippen molar-refractivity contribution >= 4 is 23.4 Å². The van der Waals surface area contributed by atoms with Crippen molar-refractivity contribution in [1.82, 2.24) is 0 Å². The van der Waals surface area contributed by atoms with E-state index in [9.17, 15) is 4.79 Å². The smallest absolute Gasteiger partial charge is 0.264 e. The number of rotatable bonds is 3. The van der Waals surface area contributed by atoms with Gasteiger partial charge in [-0.25, -0.2) is 0 Å². The molecular weight excluding hydrogens is 306 g/mol. The van der Waals surface area contributed by atoms with Crippen LogP contribution in [0.5, 0.6) is 5.75 Å². The second-order valence-corrected chi connectivity index (χ2v) is 6.86. The van der Waals surface area contributed by atoms with Crippen LogP contribution in [0.1, 0.15) is 17.5 Å². The average Bonchev–Trinajstić information content (AvgIpc) is 2.76. The van der Waals surface area contributed by atoms with E-state index in [4.69, 9.17) is 4.74 Å². The number of carbonyl (C=O) groups excluding carboxylic acids is 1. The maximum atomic E-state index is 12.7. The van der Waals surface area contributed by atoms with Crippen molar-refractivity contribution in [3.05, 3.63) is 53.6 Å². The van der Waals surface area contributed by atoms with E-state index in [0.29, 0.717) is 0 Å². The lowest BCUT2D eigenvalue weighted by molar-refractivity contribution is -0.120. The first-order valence-electron chi connectivity index (χ1n) is 7.88. The molecule has 2 aromatic rings. The van der Waals surface area contributed by atoms with Crippen molar-refractivity contribution in [1.29, 1.82) is 0 Å². The molecule has 1 amide bonds. The fraction of sp³-hybridized carbons (Fsp3) is 0.316. The summed E-state index contributed by atoms with van der Waals surface area (Å²) in [7, 11) is 0. The molecule has 1 aliphatic rings. The highest BCUT2D eigenvalue weighted by Crippen LogP contribution is 2.33. The predicted octanol–water partition coefficient (Wildman–Crippen LogP) is 4.21. The van der Waals surface area contributed by atoms with Crippen LogP contribution in [0.4, 0.5) is 5.69 Å². The first kappa shape index (κ1) is 15.9. The van der Waals surface area contributed by atoms with Gasteiger partial charge >= 0.3 is 0 Å². The van der Waals surface area contributed by atoms with Gasteiger partial charge in [-0.05, 0) is 49.3 Å². The van der Waals surface area contributed by atoms with E-state index in [0.717, 1.165) is 41.3 Å². The number of thioether (sulfide) groups is 1. The number of aryl methyl sites for hydroxylation is 2. The zero-order valence-corrected chi connectivity index (χ0v) is 14.4. The number of carbonyl (C=O) groups is 1.